The molecule has 0 saturated heterocycles. The van der Waals surface area contributed by atoms with Gasteiger partial charge in [0.25, 0.3) is 0 Å². The van der Waals surface area contributed by atoms with Crippen molar-refractivity contribution in [1.29, 1.82) is 0 Å². The zero-order valence-corrected chi connectivity index (χ0v) is 11.3. The van der Waals surface area contributed by atoms with E-state index in [4.69, 9.17) is 4.28 Å². The highest BCUT2D eigenvalue weighted by Crippen LogP contribution is 2.10. The van der Waals surface area contributed by atoms with Crippen LogP contribution in [-0.2, 0) is 10.1 Å². The molecule has 0 aliphatic carbocycles. The first-order valence-corrected chi connectivity index (χ1v) is 7.07. The summed E-state index contributed by atoms with van der Waals surface area (Å²) < 4.78 is 30.1. The standard InChI is InChI=1S/C14H14NO3S/c1-3-13-8-10-15(11-9-13)18-19(16,17)14-6-4-12(2)5-7-14/h3-11H,1H2,2H3/q+1. The predicted octanol–water partition coefficient (Wildman–Crippen LogP) is 1.74. The van der Waals surface area contributed by atoms with Crippen LogP contribution in [0.4, 0.5) is 0 Å². The van der Waals surface area contributed by atoms with E-state index in [0.717, 1.165) is 15.9 Å². The first-order chi connectivity index (χ1) is 9.01. The Balaban J connectivity index is 2.25. The molecular weight excluding hydrogens is 262 g/mol. The van der Waals surface area contributed by atoms with Crippen molar-refractivity contribution in [2.24, 2.45) is 0 Å². The first kappa shape index (κ1) is 13.3. The van der Waals surface area contributed by atoms with Gasteiger partial charge in [-0.2, -0.15) is 8.42 Å². The van der Waals surface area contributed by atoms with Crippen molar-refractivity contribution in [3.63, 3.8) is 0 Å². The largest absolute Gasteiger partial charge is 0.396 e. The molecule has 0 unspecified atom stereocenters. The Morgan fingerprint density at radius 3 is 2.21 bits per heavy atom. The monoisotopic (exact) mass is 276 g/mol. The van der Waals surface area contributed by atoms with Gasteiger partial charge in [-0.25, -0.2) is 0 Å². The van der Waals surface area contributed by atoms with E-state index in [2.05, 4.69) is 6.58 Å². The molecule has 1 aromatic heterocycles. The SMILES string of the molecule is C=Cc1cc[n+](OS(=O)(=O)c2ccc(C)cc2)cc1. The fourth-order valence-corrected chi connectivity index (χ4v) is 2.35. The van der Waals surface area contributed by atoms with Gasteiger partial charge in [0.15, 0.2) is 0 Å². The van der Waals surface area contributed by atoms with E-state index in [-0.39, 0.29) is 4.90 Å². The van der Waals surface area contributed by atoms with Crippen LogP contribution in [0.5, 0.6) is 0 Å². The fourth-order valence-electron chi connectivity index (χ4n) is 1.47. The Labute approximate surface area is 112 Å². The molecule has 0 radical (unpaired) electrons. The van der Waals surface area contributed by atoms with Gasteiger partial charge in [0.05, 0.1) is 0 Å². The van der Waals surface area contributed by atoms with Crippen LogP contribution in [-0.4, -0.2) is 8.42 Å². The van der Waals surface area contributed by atoms with E-state index in [9.17, 15) is 8.42 Å². The Hall–Kier alpha value is -2.14. The van der Waals surface area contributed by atoms with E-state index in [1.807, 2.05) is 6.92 Å². The Bertz CT molecular complexity index is 674. The molecule has 2 aromatic rings. The van der Waals surface area contributed by atoms with Crippen molar-refractivity contribution in [3.8, 4) is 0 Å². The second kappa shape index (κ2) is 5.24. The molecule has 0 aliphatic heterocycles. The van der Waals surface area contributed by atoms with Crippen LogP contribution in [0.2, 0.25) is 0 Å². The summed E-state index contributed by atoms with van der Waals surface area (Å²) >= 11 is 0. The van der Waals surface area contributed by atoms with E-state index in [1.165, 1.54) is 24.5 Å². The Kier molecular flexibility index (Phi) is 3.66. The van der Waals surface area contributed by atoms with Crippen LogP contribution < -0.4 is 9.01 Å². The first-order valence-electron chi connectivity index (χ1n) is 5.67. The van der Waals surface area contributed by atoms with E-state index in [1.54, 1.807) is 30.3 Å². The van der Waals surface area contributed by atoms with Crippen molar-refractivity contribution in [2.75, 3.05) is 0 Å². The van der Waals surface area contributed by atoms with Gasteiger partial charge in [0.2, 0.25) is 12.4 Å². The van der Waals surface area contributed by atoms with Crippen molar-refractivity contribution >= 4 is 16.2 Å². The molecule has 1 heterocycles. The highest BCUT2D eigenvalue weighted by Gasteiger charge is 2.21. The summed E-state index contributed by atoms with van der Waals surface area (Å²) in [5.74, 6) is 0. The summed E-state index contributed by atoms with van der Waals surface area (Å²) in [6.07, 6.45) is 4.70. The number of hydrogen-bond acceptors (Lipinski definition) is 3. The van der Waals surface area contributed by atoms with Gasteiger partial charge in [-0.1, -0.05) is 30.4 Å². The molecule has 0 aliphatic rings. The molecular formula is C14H14NO3S+. The van der Waals surface area contributed by atoms with Gasteiger partial charge >= 0.3 is 10.1 Å². The Morgan fingerprint density at radius 1 is 1.11 bits per heavy atom. The molecule has 5 heteroatoms. The predicted molar refractivity (Wildman–Crippen MR) is 71.7 cm³/mol. The summed E-state index contributed by atoms with van der Waals surface area (Å²) in [5.41, 5.74) is 1.87. The van der Waals surface area contributed by atoms with Crippen LogP contribution in [0.1, 0.15) is 11.1 Å². The lowest BCUT2D eigenvalue weighted by atomic mass is 10.2. The van der Waals surface area contributed by atoms with Gasteiger partial charge in [0, 0.05) is 16.9 Å². The summed E-state index contributed by atoms with van der Waals surface area (Å²) in [4.78, 5) is 0.124. The molecule has 98 valence electrons. The van der Waals surface area contributed by atoms with Crippen LogP contribution in [0.3, 0.4) is 0 Å². The Morgan fingerprint density at radius 2 is 1.68 bits per heavy atom. The smallest absolute Gasteiger partial charge is 0.176 e. The van der Waals surface area contributed by atoms with Gasteiger partial charge in [-0.05, 0) is 24.6 Å². The van der Waals surface area contributed by atoms with E-state index in [0.29, 0.717) is 0 Å². The molecule has 19 heavy (non-hydrogen) atoms. The minimum absolute atomic E-state index is 0.124. The van der Waals surface area contributed by atoms with E-state index < -0.39 is 10.1 Å². The topological polar surface area (TPSA) is 47.2 Å². The lowest BCUT2D eigenvalue weighted by Gasteiger charge is -2.01. The summed E-state index contributed by atoms with van der Waals surface area (Å²) in [5, 5.41) is 0. The summed E-state index contributed by atoms with van der Waals surface area (Å²) in [6.45, 7) is 5.51. The molecule has 0 bridgehead atoms. The molecule has 1 aromatic carbocycles. The zero-order valence-electron chi connectivity index (χ0n) is 10.5. The molecule has 0 spiro atoms. The average molecular weight is 276 g/mol. The van der Waals surface area contributed by atoms with Crippen molar-refractivity contribution in [3.05, 3.63) is 66.5 Å². The molecule has 0 saturated carbocycles. The number of benzene rings is 1. The maximum Gasteiger partial charge on any atom is 0.396 e. The molecule has 0 N–H and O–H groups in total. The number of nitrogens with zero attached hydrogens (tertiary/aromatic N) is 1. The maximum atomic E-state index is 12.0. The van der Waals surface area contributed by atoms with Crippen molar-refractivity contribution in [1.82, 2.24) is 0 Å². The van der Waals surface area contributed by atoms with Gasteiger partial charge < -0.3 is 0 Å². The lowest BCUT2D eigenvalue weighted by molar-refractivity contribution is -0.856. The quantitative estimate of drug-likeness (QED) is 0.799. The zero-order chi connectivity index (χ0) is 13.9. The second-order valence-electron chi connectivity index (χ2n) is 4.04. The number of aromatic nitrogens is 1. The number of rotatable bonds is 4. The third-order valence-corrected chi connectivity index (χ3v) is 3.78. The highest BCUT2D eigenvalue weighted by molar-refractivity contribution is 7.86. The number of hydrogen-bond donors (Lipinski definition) is 0. The van der Waals surface area contributed by atoms with Crippen LogP contribution in [0.15, 0.2) is 60.3 Å². The minimum Gasteiger partial charge on any atom is -0.176 e. The summed E-state index contributed by atoms with van der Waals surface area (Å²) in [7, 11) is -3.81. The maximum absolute atomic E-state index is 12.0. The average Bonchev–Trinajstić information content (AvgIpc) is 2.40. The van der Waals surface area contributed by atoms with Gasteiger partial charge in [-0.15, -0.1) is 4.28 Å². The molecule has 0 atom stereocenters. The minimum atomic E-state index is -3.81. The number of aryl methyl sites for hydroxylation is 1. The molecule has 0 fully saturated rings. The summed E-state index contributed by atoms with van der Waals surface area (Å²) in [6, 6.07) is 9.89. The van der Waals surface area contributed by atoms with Gasteiger partial charge in [0.1, 0.15) is 4.90 Å². The van der Waals surface area contributed by atoms with Crippen LogP contribution in [0, 0.1) is 6.92 Å². The fraction of sp³-hybridized carbons (Fsp3) is 0.0714. The molecule has 4 nitrogen and oxygen atoms in total. The normalized spacial score (nSPS) is 11.0. The van der Waals surface area contributed by atoms with Crippen molar-refractivity contribution in [2.45, 2.75) is 11.8 Å². The highest BCUT2D eigenvalue weighted by atomic mass is 32.2. The van der Waals surface area contributed by atoms with E-state index >= 15 is 0 Å². The third kappa shape index (κ3) is 3.20. The third-order valence-electron chi connectivity index (χ3n) is 2.56. The number of pyridine rings is 1. The van der Waals surface area contributed by atoms with Crippen LogP contribution in [0.25, 0.3) is 6.08 Å². The second-order valence-corrected chi connectivity index (χ2v) is 5.57. The van der Waals surface area contributed by atoms with Crippen molar-refractivity contribution < 1.29 is 17.4 Å². The molecule has 0 amide bonds. The lowest BCUT2D eigenvalue weighted by Crippen LogP contribution is -2.45. The van der Waals surface area contributed by atoms with Crippen LogP contribution >= 0.6 is 0 Å². The molecule has 2 rings (SSSR count). The van der Waals surface area contributed by atoms with Gasteiger partial charge in [-0.3, -0.25) is 0 Å².